The largest absolute Gasteiger partial charge is 0.456 e. The first-order chi connectivity index (χ1) is 27.7. The smallest absolute Gasteiger partial charge is 0.164 e. The van der Waals surface area contributed by atoms with Crippen molar-refractivity contribution >= 4 is 53.4 Å². The summed E-state index contributed by atoms with van der Waals surface area (Å²) in [6, 6.07) is 65.7. The van der Waals surface area contributed by atoms with Crippen molar-refractivity contribution in [1.82, 2.24) is 15.0 Å². The van der Waals surface area contributed by atoms with E-state index in [0.29, 0.717) is 17.5 Å². The fraction of sp³-hybridized carbons (Fsp3) is 0. The normalized spacial score (nSPS) is 11.6. The molecule has 11 aromatic rings. The average molecular weight is 734 g/mol. The van der Waals surface area contributed by atoms with Crippen LogP contribution in [0.5, 0.6) is 0 Å². The van der Waals surface area contributed by atoms with Crippen LogP contribution >= 0.6 is 11.3 Å². The van der Waals surface area contributed by atoms with Gasteiger partial charge in [-0.3, -0.25) is 0 Å². The third kappa shape index (κ3) is 5.56. The zero-order chi connectivity index (χ0) is 37.0. The molecule has 0 unspecified atom stereocenters. The Kier molecular flexibility index (Phi) is 7.64. The Bertz CT molecular complexity index is 3220. The van der Waals surface area contributed by atoms with Crippen LogP contribution in [-0.2, 0) is 0 Å². The fourth-order valence-electron chi connectivity index (χ4n) is 7.83. The highest BCUT2D eigenvalue weighted by Gasteiger charge is 2.18. The zero-order valence-corrected chi connectivity index (χ0v) is 30.9. The summed E-state index contributed by atoms with van der Waals surface area (Å²) < 4.78 is 8.62. The highest BCUT2D eigenvalue weighted by Crippen LogP contribution is 2.40. The van der Waals surface area contributed by atoms with E-state index < -0.39 is 0 Å². The Hall–Kier alpha value is -7.21. The summed E-state index contributed by atoms with van der Waals surface area (Å²) in [4.78, 5) is 15.4. The molecule has 0 fully saturated rings. The molecule has 0 spiro atoms. The van der Waals surface area contributed by atoms with Crippen LogP contribution in [0.3, 0.4) is 0 Å². The van der Waals surface area contributed by atoms with E-state index in [0.717, 1.165) is 66.4 Å². The van der Waals surface area contributed by atoms with Gasteiger partial charge in [-0.25, -0.2) is 15.0 Å². The summed E-state index contributed by atoms with van der Waals surface area (Å²) >= 11 is 1.80. The molecule has 8 aromatic carbocycles. The van der Waals surface area contributed by atoms with Crippen molar-refractivity contribution in [1.29, 1.82) is 0 Å². The molecule has 0 bridgehead atoms. The maximum Gasteiger partial charge on any atom is 0.164 e. The van der Waals surface area contributed by atoms with Crippen molar-refractivity contribution in [3.63, 3.8) is 0 Å². The number of furan rings is 1. The molecule has 0 N–H and O–H groups in total. The van der Waals surface area contributed by atoms with Crippen molar-refractivity contribution < 1.29 is 4.42 Å². The molecule has 0 aliphatic heterocycles. The first kappa shape index (κ1) is 32.2. The molecule has 0 amide bonds. The molecule has 0 aliphatic carbocycles. The number of fused-ring (bicyclic) bond motifs is 6. The van der Waals surface area contributed by atoms with E-state index in [-0.39, 0.29) is 0 Å². The summed E-state index contributed by atoms with van der Waals surface area (Å²) in [6.45, 7) is 0. The number of para-hydroxylation sites is 1. The number of hydrogen-bond acceptors (Lipinski definition) is 5. The predicted molar refractivity (Wildman–Crippen MR) is 233 cm³/mol. The number of rotatable bonds is 6. The molecule has 0 radical (unpaired) electrons. The highest BCUT2D eigenvalue weighted by atomic mass is 32.1. The van der Waals surface area contributed by atoms with Crippen molar-refractivity contribution in [3.05, 3.63) is 188 Å². The highest BCUT2D eigenvalue weighted by molar-refractivity contribution is 7.25. The lowest BCUT2D eigenvalue weighted by atomic mass is 9.96. The molecular formula is C51H31N3OS. The maximum atomic E-state index is 6.16. The van der Waals surface area contributed by atoms with Gasteiger partial charge in [-0.05, 0) is 57.6 Å². The monoisotopic (exact) mass is 733 g/mol. The minimum Gasteiger partial charge on any atom is -0.456 e. The van der Waals surface area contributed by atoms with Crippen molar-refractivity contribution in [2.24, 2.45) is 0 Å². The van der Waals surface area contributed by atoms with Crippen LogP contribution < -0.4 is 0 Å². The standard InChI is InChI=1S/C51H31N3OS/c1-2-10-32(11-3-1)33-22-28-37(29-23-33)49-52-50(54-51(53-49)42-15-9-19-46-48(42)41-13-5-7-18-45(41)56-46)38-30-24-35(25-31-38)34-20-26-36(27-21-34)39-14-8-17-44-47(39)40-12-4-6-16-43(40)55-44/h1-31H. The lowest BCUT2D eigenvalue weighted by molar-refractivity contribution is 0.669. The van der Waals surface area contributed by atoms with E-state index in [2.05, 4.69) is 164 Å². The minimum absolute atomic E-state index is 0.635. The number of aromatic nitrogens is 3. The summed E-state index contributed by atoms with van der Waals surface area (Å²) in [5.41, 5.74) is 11.6. The second-order valence-corrected chi connectivity index (χ2v) is 15.0. The molecule has 0 saturated heterocycles. The number of nitrogens with zero attached hydrogens (tertiary/aromatic N) is 3. The quantitative estimate of drug-likeness (QED) is 0.171. The summed E-state index contributed by atoms with van der Waals surface area (Å²) in [7, 11) is 0. The van der Waals surface area contributed by atoms with E-state index in [9.17, 15) is 0 Å². The molecule has 3 aromatic heterocycles. The van der Waals surface area contributed by atoms with Crippen LogP contribution in [0.15, 0.2) is 192 Å². The van der Waals surface area contributed by atoms with E-state index in [1.165, 1.54) is 25.7 Å². The molecule has 0 saturated carbocycles. The van der Waals surface area contributed by atoms with Crippen LogP contribution in [0.2, 0.25) is 0 Å². The summed E-state index contributed by atoms with van der Waals surface area (Å²) in [6.07, 6.45) is 0. The van der Waals surface area contributed by atoms with Gasteiger partial charge in [-0.15, -0.1) is 11.3 Å². The second kappa shape index (κ2) is 13.3. The first-order valence-corrected chi connectivity index (χ1v) is 19.5. The van der Waals surface area contributed by atoms with Crippen LogP contribution in [-0.4, -0.2) is 15.0 Å². The van der Waals surface area contributed by atoms with Crippen molar-refractivity contribution in [2.45, 2.75) is 0 Å². The summed E-state index contributed by atoms with van der Waals surface area (Å²) in [5, 5.41) is 4.66. The van der Waals surface area contributed by atoms with E-state index >= 15 is 0 Å². The number of hydrogen-bond donors (Lipinski definition) is 0. The molecule has 0 atom stereocenters. The van der Waals surface area contributed by atoms with Crippen molar-refractivity contribution in [2.75, 3.05) is 0 Å². The van der Waals surface area contributed by atoms with E-state index in [4.69, 9.17) is 19.4 Å². The van der Waals surface area contributed by atoms with E-state index in [1.54, 1.807) is 11.3 Å². The first-order valence-electron chi connectivity index (χ1n) is 18.7. The van der Waals surface area contributed by atoms with Gasteiger partial charge in [0.1, 0.15) is 11.2 Å². The Balaban J connectivity index is 0.979. The maximum absolute atomic E-state index is 6.16. The van der Waals surface area contributed by atoms with Gasteiger partial charge in [0.15, 0.2) is 17.5 Å². The van der Waals surface area contributed by atoms with Gasteiger partial charge >= 0.3 is 0 Å². The van der Waals surface area contributed by atoms with Crippen LogP contribution in [0.1, 0.15) is 0 Å². The van der Waals surface area contributed by atoms with Gasteiger partial charge in [0, 0.05) is 47.6 Å². The van der Waals surface area contributed by atoms with E-state index in [1.807, 2.05) is 24.3 Å². The van der Waals surface area contributed by atoms with Gasteiger partial charge in [0.05, 0.1) is 0 Å². The second-order valence-electron chi connectivity index (χ2n) is 14.0. The SMILES string of the molecule is c1ccc(-c2ccc(-c3nc(-c4ccc(-c5ccc(-c6cccc7oc8ccccc8c67)cc5)cc4)nc(-c4cccc5sc6ccccc6c45)n3)cc2)cc1. The third-order valence-corrected chi connectivity index (χ3v) is 11.7. The van der Waals surface area contributed by atoms with Crippen LogP contribution in [0.4, 0.5) is 0 Å². The van der Waals surface area contributed by atoms with Gasteiger partial charge in [0.25, 0.3) is 0 Å². The molecule has 5 heteroatoms. The minimum atomic E-state index is 0.635. The molecule has 262 valence electrons. The number of benzene rings is 8. The Morgan fingerprint density at radius 1 is 0.304 bits per heavy atom. The topological polar surface area (TPSA) is 51.8 Å². The molecule has 4 nitrogen and oxygen atoms in total. The van der Waals surface area contributed by atoms with Gasteiger partial charge in [-0.2, -0.15) is 0 Å². The van der Waals surface area contributed by atoms with Gasteiger partial charge in [0.2, 0.25) is 0 Å². The summed E-state index contributed by atoms with van der Waals surface area (Å²) in [5.74, 6) is 1.93. The predicted octanol–water partition coefficient (Wildman–Crippen LogP) is 14.1. The Morgan fingerprint density at radius 3 is 1.48 bits per heavy atom. The van der Waals surface area contributed by atoms with Crippen LogP contribution in [0, 0.1) is 0 Å². The molecule has 56 heavy (non-hydrogen) atoms. The Labute approximate surface area is 327 Å². The third-order valence-electron chi connectivity index (χ3n) is 10.6. The zero-order valence-electron chi connectivity index (χ0n) is 30.1. The Morgan fingerprint density at radius 2 is 0.786 bits per heavy atom. The van der Waals surface area contributed by atoms with Gasteiger partial charge in [-0.1, -0.05) is 164 Å². The lowest BCUT2D eigenvalue weighted by Crippen LogP contribution is -2.00. The average Bonchev–Trinajstić information content (AvgIpc) is 3.86. The lowest BCUT2D eigenvalue weighted by Gasteiger charge is -2.11. The molecule has 11 rings (SSSR count). The van der Waals surface area contributed by atoms with Crippen LogP contribution in [0.25, 0.3) is 110 Å². The molecule has 3 heterocycles. The fourth-order valence-corrected chi connectivity index (χ4v) is 8.96. The van der Waals surface area contributed by atoms with Gasteiger partial charge < -0.3 is 4.42 Å². The molecule has 0 aliphatic rings. The van der Waals surface area contributed by atoms with Crippen molar-refractivity contribution in [3.8, 4) is 67.5 Å². The molecular weight excluding hydrogens is 703 g/mol. The number of thiophene rings is 1.